The molecule has 2 N–H and O–H groups in total. The second-order valence-electron chi connectivity index (χ2n) is 6.80. The van der Waals surface area contributed by atoms with Crippen LogP contribution in [-0.4, -0.2) is 21.6 Å². The van der Waals surface area contributed by atoms with E-state index < -0.39 is 29.4 Å². The maximum absolute atomic E-state index is 13.8. The number of alkyl halides is 3. The van der Waals surface area contributed by atoms with Gasteiger partial charge < -0.3 is 10.6 Å². The van der Waals surface area contributed by atoms with E-state index in [9.17, 15) is 22.8 Å². The topological polar surface area (TPSA) is 76.0 Å². The van der Waals surface area contributed by atoms with E-state index in [0.717, 1.165) is 6.20 Å². The third-order valence-electron chi connectivity index (χ3n) is 4.39. The predicted octanol–water partition coefficient (Wildman–Crippen LogP) is 4.99. The summed E-state index contributed by atoms with van der Waals surface area (Å²) in [6.45, 7) is 2.98. The van der Waals surface area contributed by atoms with Crippen LogP contribution >= 0.6 is 11.6 Å². The Kier molecular flexibility index (Phi) is 6.35. The average Bonchev–Trinajstić information content (AvgIpc) is 3.13. The minimum absolute atomic E-state index is 0.0786. The van der Waals surface area contributed by atoms with Gasteiger partial charge in [-0.2, -0.15) is 18.3 Å². The normalized spacial score (nSPS) is 12.3. The number of hydrogen-bond acceptors (Lipinski definition) is 3. The van der Waals surface area contributed by atoms with E-state index in [1.165, 1.54) is 31.2 Å². The van der Waals surface area contributed by atoms with Crippen LogP contribution < -0.4 is 10.6 Å². The molecule has 6 nitrogen and oxygen atoms in total. The van der Waals surface area contributed by atoms with E-state index in [2.05, 4.69) is 15.7 Å². The van der Waals surface area contributed by atoms with E-state index >= 15 is 0 Å². The van der Waals surface area contributed by atoms with E-state index in [4.69, 9.17) is 11.6 Å². The molecule has 3 rings (SSSR count). The highest BCUT2D eigenvalue weighted by molar-refractivity contribution is 6.30. The summed E-state index contributed by atoms with van der Waals surface area (Å²) in [4.78, 5) is 23.9. The van der Waals surface area contributed by atoms with Gasteiger partial charge >= 0.3 is 6.18 Å². The third kappa shape index (κ3) is 5.24. The highest BCUT2D eigenvalue weighted by Crippen LogP contribution is 2.34. The fourth-order valence-electron chi connectivity index (χ4n) is 3.04. The maximum atomic E-state index is 13.8. The van der Waals surface area contributed by atoms with Crippen molar-refractivity contribution in [1.29, 1.82) is 0 Å². The second-order valence-corrected chi connectivity index (χ2v) is 7.23. The highest BCUT2D eigenvalue weighted by atomic mass is 35.5. The summed E-state index contributed by atoms with van der Waals surface area (Å²) < 4.78 is 42.1. The van der Waals surface area contributed by atoms with Crippen LogP contribution in [0.2, 0.25) is 5.02 Å². The Morgan fingerprint density at radius 1 is 1.13 bits per heavy atom. The van der Waals surface area contributed by atoms with Gasteiger partial charge in [0.05, 0.1) is 23.5 Å². The van der Waals surface area contributed by atoms with Gasteiger partial charge in [0.2, 0.25) is 5.91 Å². The van der Waals surface area contributed by atoms with Crippen LogP contribution in [0.25, 0.3) is 5.69 Å². The van der Waals surface area contributed by atoms with Crippen LogP contribution in [0.5, 0.6) is 0 Å². The van der Waals surface area contributed by atoms with E-state index in [-0.39, 0.29) is 16.6 Å². The zero-order valence-electron chi connectivity index (χ0n) is 16.5. The fraction of sp³-hybridized carbons (Fsp3) is 0.190. The lowest BCUT2D eigenvalue weighted by molar-refractivity contribution is -0.143. The average molecular weight is 451 g/mol. The van der Waals surface area contributed by atoms with E-state index in [1.807, 2.05) is 0 Å². The number of benzene rings is 2. The summed E-state index contributed by atoms with van der Waals surface area (Å²) in [6, 6.07) is 11.8. The first-order valence-corrected chi connectivity index (χ1v) is 9.53. The molecule has 0 spiro atoms. The molecule has 0 saturated heterocycles. The van der Waals surface area contributed by atoms with Crippen molar-refractivity contribution in [3.63, 3.8) is 0 Å². The first-order valence-electron chi connectivity index (χ1n) is 9.16. The van der Waals surface area contributed by atoms with Crippen molar-refractivity contribution >= 4 is 29.1 Å². The lowest BCUT2D eigenvalue weighted by Crippen LogP contribution is -2.29. The molecule has 1 heterocycles. The number of amides is 2. The molecule has 0 radical (unpaired) electrons. The first-order chi connectivity index (χ1) is 14.6. The largest absolute Gasteiger partial charge is 0.434 e. The zero-order chi connectivity index (χ0) is 22.8. The number of aromatic nitrogens is 2. The standard InChI is InChI=1S/C21H18ClF3N4O2/c1-12(14-5-3-7-16(9-14)28-13(2)30)27-20(31)18-11-26-29(19(18)21(23,24)25)17-8-4-6-15(22)10-17/h3-12H,1-2H3,(H,27,31)(H,28,30). The molecule has 2 amide bonds. The second kappa shape index (κ2) is 8.81. The molecule has 0 bridgehead atoms. The van der Waals surface area contributed by atoms with Crippen molar-refractivity contribution < 1.29 is 22.8 Å². The van der Waals surface area contributed by atoms with Gasteiger partial charge in [0.25, 0.3) is 5.91 Å². The van der Waals surface area contributed by atoms with Gasteiger partial charge in [-0.05, 0) is 42.8 Å². The monoisotopic (exact) mass is 450 g/mol. The molecule has 31 heavy (non-hydrogen) atoms. The summed E-state index contributed by atoms with van der Waals surface area (Å²) >= 11 is 5.88. The minimum Gasteiger partial charge on any atom is -0.345 e. The van der Waals surface area contributed by atoms with Gasteiger partial charge in [-0.25, -0.2) is 4.68 Å². The number of anilines is 1. The molecule has 3 aromatic rings. The predicted molar refractivity (Wildman–Crippen MR) is 110 cm³/mol. The number of carbonyl (C=O) groups is 2. The van der Waals surface area contributed by atoms with Crippen molar-refractivity contribution in [2.75, 3.05) is 5.32 Å². The van der Waals surface area contributed by atoms with E-state index in [1.54, 1.807) is 31.2 Å². The lowest BCUT2D eigenvalue weighted by Gasteiger charge is -2.17. The lowest BCUT2D eigenvalue weighted by atomic mass is 10.1. The highest BCUT2D eigenvalue weighted by Gasteiger charge is 2.40. The number of rotatable bonds is 5. The van der Waals surface area contributed by atoms with Crippen LogP contribution in [0.4, 0.5) is 18.9 Å². The molecular formula is C21H18ClF3N4O2. The molecule has 10 heteroatoms. The van der Waals surface area contributed by atoms with Crippen LogP contribution in [0.3, 0.4) is 0 Å². The zero-order valence-corrected chi connectivity index (χ0v) is 17.3. The number of hydrogen-bond donors (Lipinski definition) is 2. The number of halogens is 4. The first kappa shape index (κ1) is 22.4. The summed E-state index contributed by atoms with van der Waals surface area (Å²) in [5, 5.41) is 9.17. The summed E-state index contributed by atoms with van der Waals surface area (Å²) in [6.07, 6.45) is -3.96. The Hall–Kier alpha value is -3.33. The molecular weight excluding hydrogens is 433 g/mol. The third-order valence-corrected chi connectivity index (χ3v) is 4.62. The molecule has 1 unspecified atom stereocenters. The van der Waals surface area contributed by atoms with Gasteiger partial charge in [-0.15, -0.1) is 0 Å². The van der Waals surface area contributed by atoms with Crippen LogP contribution in [0.15, 0.2) is 54.7 Å². The van der Waals surface area contributed by atoms with Crippen LogP contribution in [0, 0.1) is 0 Å². The van der Waals surface area contributed by atoms with Crippen molar-refractivity contribution in [2.45, 2.75) is 26.1 Å². The Morgan fingerprint density at radius 3 is 2.48 bits per heavy atom. The summed E-state index contributed by atoms with van der Waals surface area (Å²) in [5.74, 6) is -1.20. The van der Waals surface area contributed by atoms with Gasteiger partial charge in [-0.1, -0.05) is 29.8 Å². The SMILES string of the molecule is CC(=O)Nc1cccc(C(C)NC(=O)c2cnn(-c3cccc(Cl)c3)c2C(F)(F)F)c1. The Bertz CT molecular complexity index is 1130. The van der Waals surface area contributed by atoms with Crippen molar-refractivity contribution in [2.24, 2.45) is 0 Å². The van der Waals surface area contributed by atoms with Gasteiger partial charge in [-0.3, -0.25) is 9.59 Å². The van der Waals surface area contributed by atoms with Gasteiger partial charge in [0.1, 0.15) is 0 Å². The fourth-order valence-corrected chi connectivity index (χ4v) is 3.22. The smallest absolute Gasteiger partial charge is 0.345 e. The van der Waals surface area contributed by atoms with Crippen molar-refractivity contribution in [1.82, 2.24) is 15.1 Å². The van der Waals surface area contributed by atoms with Crippen molar-refractivity contribution in [3.05, 3.63) is 76.6 Å². The summed E-state index contributed by atoms with van der Waals surface area (Å²) in [7, 11) is 0. The number of carbonyl (C=O) groups excluding carboxylic acids is 2. The molecule has 1 atom stereocenters. The maximum Gasteiger partial charge on any atom is 0.434 e. The quantitative estimate of drug-likeness (QED) is 0.574. The number of nitrogens with one attached hydrogen (secondary N) is 2. The molecule has 0 aliphatic carbocycles. The summed E-state index contributed by atoms with van der Waals surface area (Å²) in [5.41, 5.74) is -0.620. The van der Waals surface area contributed by atoms with Crippen LogP contribution in [0.1, 0.15) is 41.5 Å². The molecule has 0 saturated carbocycles. The van der Waals surface area contributed by atoms with Gasteiger partial charge in [0, 0.05) is 17.6 Å². The molecule has 1 aromatic heterocycles. The Morgan fingerprint density at radius 2 is 1.84 bits per heavy atom. The Balaban J connectivity index is 1.91. The number of nitrogens with zero attached hydrogens (tertiary/aromatic N) is 2. The van der Waals surface area contributed by atoms with E-state index in [0.29, 0.717) is 15.9 Å². The Labute approximate surface area is 181 Å². The van der Waals surface area contributed by atoms with Crippen molar-refractivity contribution in [3.8, 4) is 5.69 Å². The molecule has 162 valence electrons. The van der Waals surface area contributed by atoms with Crippen LogP contribution in [-0.2, 0) is 11.0 Å². The molecule has 2 aromatic carbocycles. The minimum atomic E-state index is -4.83. The molecule has 0 aliphatic heterocycles. The molecule has 0 aliphatic rings. The molecule has 0 fully saturated rings. The van der Waals surface area contributed by atoms with Gasteiger partial charge in [0.15, 0.2) is 5.69 Å².